The minimum atomic E-state index is -3.50. The Morgan fingerprint density at radius 1 is 1.33 bits per heavy atom. The second-order valence-corrected chi connectivity index (χ2v) is 7.39. The van der Waals surface area contributed by atoms with Gasteiger partial charge in [-0.25, -0.2) is 8.42 Å². The minimum Gasteiger partial charge on any atom is -0.369 e. The van der Waals surface area contributed by atoms with E-state index in [1.165, 1.54) is 4.31 Å². The molecular weight excluding hydrogens is 367 g/mol. The summed E-state index contributed by atoms with van der Waals surface area (Å²) in [7, 11) is -3.50. The van der Waals surface area contributed by atoms with E-state index in [1.54, 1.807) is 24.3 Å². The summed E-state index contributed by atoms with van der Waals surface area (Å²) in [6.07, 6.45) is 0.499. The van der Waals surface area contributed by atoms with E-state index < -0.39 is 15.9 Å². The predicted molar refractivity (Wildman–Crippen MR) is 75.2 cm³/mol. The van der Waals surface area contributed by atoms with Crippen LogP contribution in [-0.4, -0.2) is 31.7 Å². The topological polar surface area (TPSA) is 80.5 Å². The van der Waals surface area contributed by atoms with Crippen LogP contribution in [0.25, 0.3) is 0 Å². The van der Waals surface area contributed by atoms with Crippen molar-refractivity contribution in [1.82, 2.24) is 4.31 Å². The highest BCUT2D eigenvalue weighted by atomic mass is 127. The van der Waals surface area contributed by atoms with Crippen molar-refractivity contribution in [2.75, 3.05) is 13.1 Å². The molecule has 1 aromatic carbocycles. The molecule has 0 saturated carbocycles. The van der Waals surface area contributed by atoms with E-state index in [0.717, 1.165) is 3.57 Å². The molecular formula is C11H13IN2O3S. The molecule has 0 bridgehead atoms. The summed E-state index contributed by atoms with van der Waals surface area (Å²) in [5.74, 6) is -0.807. The van der Waals surface area contributed by atoms with Crippen LogP contribution in [0.15, 0.2) is 29.2 Å². The van der Waals surface area contributed by atoms with Gasteiger partial charge in [-0.2, -0.15) is 4.31 Å². The summed E-state index contributed by atoms with van der Waals surface area (Å²) in [5, 5.41) is 0. The van der Waals surface area contributed by atoms with Gasteiger partial charge in [-0.3, -0.25) is 4.79 Å². The maximum absolute atomic E-state index is 12.3. The number of nitrogens with zero attached hydrogens (tertiary/aromatic N) is 1. The van der Waals surface area contributed by atoms with Gasteiger partial charge in [0.1, 0.15) is 0 Å². The second kappa shape index (κ2) is 5.14. The smallest absolute Gasteiger partial charge is 0.243 e. The third kappa shape index (κ3) is 2.67. The fourth-order valence-electron chi connectivity index (χ4n) is 1.93. The molecule has 2 N–H and O–H groups in total. The molecule has 1 atom stereocenters. The predicted octanol–water partition coefficient (Wildman–Crippen LogP) is 0.787. The van der Waals surface area contributed by atoms with Crippen LogP contribution in [0.1, 0.15) is 6.42 Å². The lowest BCUT2D eigenvalue weighted by Gasteiger charge is -2.16. The number of rotatable bonds is 3. The van der Waals surface area contributed by atoms with E-state index in [4.69, 9.17) is 5.73 Å². The van der Waals surface area contributed by atoms with Crippen molar-refractivity contribution in [2.45, 2.75) is 11.3 Å². The summed E-state index contributed by atoms with van der Waals surface area (Å²) >= 11 is 2.12. The zero-order valence-corrected chi connectivity index (χ0v) is 12.5. The normalized spacial score (nSPS) is 21.1. The van der Waals surface area contributed by atoms with Crippen LogP contribution >= 0.6 is 22.6 Å². The Hall–Kier alpha value is -0.670. The third-order valence-electron chi connectivity index (χ3n) is 3.00. The van der Waals surface area contributed by atoms with Crippen molar-refractivity contribution in [2.24, 2.45) is 11.7 Å². The van der Waals surface area contributed by atoms with Crippen molar-refractivity contribution >= 4 is 38.5 Å². The van der Waals surface area contributed by atoms with Gasteiger partial charge in [0, 0.05) is 16.7 Å². The largest absolute Gasteiger partial charge is 0.369 e. The van der Waals surface area contributed by atoms with Crippen LogP contribution in [0.4, 0.5) is 0 Å². The quantitative estimate of drug-likeness (QED) is 0.788. The summed E-state index contributed by atoms with van der Waals surface area (Å²) in [5.41, 5.74) is 5.20. The number of nitrogens with two attached hydrogens (primary N) is 1. The molecule has 0 spiro atoms. The maximum atomic E-state index is 12.3. The van der Waals surface area contributed by atoms with Crippen LogP contribution in [0.3, 0.4) is 0 Å². The van der Waals surface area contributed by atoms with Crippen molar-refractivity contribution in [1.29, 1.82) is 0 Å². The molecule has 1 amide bonds. The SMILES string of the molecule is NC(=O)C1CCN(S(=O)(=O)c2ccc(I)cc2)C1. The summed E-state index contributed by atoms with van der Waals surface area (Å²) < 4.78 is 26.9. The molecule has 98 valence electrons. The van der Waals surface area contributed by atoms with Crippen LogP contribution in [0, 0.1) is 9.49 Å². The molecule has 0 radical (unpaired) electrons. The van der Waals surface area contributed by atoms with Crippen LogP contribution < -0.4 is 5.73 Å². The molecule has 0 aromatic heterocycles. The van der Waals surface area contributed by atoms with Crippen molar-refractivity contribution in [3.8, 4) is 0 Å². The molecule has 1 aliphatic rings. The number of sulfonamides is 1. The summed E-state index contributed by atoms with van der Waals surface area (Å²) in [6.45, 7) is 0.533. The average Bonchev–Trinajstić information content (AvgIpc) is 2.79. The Morgan fingerprint density at radius 2 is 1.94 bits per heavy atom. The number of halogens is 1. The molecule has 1 heterocycles. The van der Waals surface area contributed by atoms with Crippen LogP contribution in [-0.2, 0) is 14.8 Å². The maximum Gasteiger partial charge on any atom is 0.243 e. The summed E-state index contributed by atoms with van der Waals surface area (Å²) in [4.78, 5) is 11.3. The first-order chi connectivity index (χ1) is 8.41. The van der Waals surface area contributed by atoms with Gasteiger partial charge in [-0.05, 0) is 53.3 Å². The third-order valence-corrected chi connectivity index (χ3v) is 5.60. The number of primary amides is 1. The van der Waals surface area contributed by atoms with E-state index in [9.17, 15) is 13.2 Å². The molecule has 1 aromatic rings. The zero-order valence-electron chi connectivity index (χ0n) is 9.54. The highest BCUT2D eigenvalue weighted by Crippen LogP contribution is 2.24. The molecule has 5 nitrogen and oxygen atoms in total. The Morgan fingerprint density at radius 3 is 2.44 bits per heavy atom. The number of amides is 1. The van der Waals surface area contributed by atoms with Crippen molar-refractivity contribution in [3.05, 3.63) is 27.8 Å². The van der Waals surface area contributed by atoms with Gasteiger partial charge in [0.15, 0.2) is 0 Å². The Balaban J connectivity index is 2.22. The van der Waals surface area contributed by atoms with E-state index >= 15 is 0 Å². The lowest BCUT2D eigenvalue weighted by Crippen LogP contribution is -2.31. The number of hydrogen-bond donors (Lipinski definition) is 1. The minimum absolute atomic E-state index is 0.184. The van der Waals surface area contributed by atoms with Gasteiger partial charge in [0.05, 0.1) is 10.8 Å². The van der Waals surface area contributed by atoms with Gasteiger partial charge < -0.3 is 5.73 Å². The number of carbonyl (C=O) groups excluding carboxylic acids is 1. The standard InChI is InChI=1S/C11H13IN2O3S/c12-9-1-3-10(4-2-9)18(16,17)14-6-5-8(7-14)11(13)15/h1-4,8H,5-7H2,(H2,13,15). The number of carbonyl (C=O) groups is 1. The zero-order chi connectivity index (χ0) is 13.3. The molecule has 7 heteroatoms. The van der Waals surface area contributed by atoms with Gasteiger partial charge in [-0.15, -0.1) is 0 Å². The first-order valence-electron chi connectivity index (χ1n) is 5.46. The van der Waals surface area contributed by atoms with Gasteiger partial charge in [-0.1, -0.05) is 0 Å². The fourth-order valence-corrected chi connectivity index (χ4v) is 3.79. The Bertz CT molecular complexity index is 556. The van der Waals surface area contributed by atoms with E-state index in [0.29, 0.717) is 13.0 Å². The molecule has 1 unspecified atom stereocenters. The van der Waals surface area contributed by atoms with Crippen LogP contribution in [0.2, 0.25) is 0 Å². The van der Waals surface area contributed by atoms with E-state index in [1.807, 2.05) is 0 Å². The lowest BCUT2D eigenvalue weighted by molar-refractivity contribution is -0.121. The number of hydrogen-bond acceptors (Lipinski definition) is 3. The molecule has 2 rings (SSSR count). The molecule has 1 saturated heterocycles. The first kappa shape index (κ1) is 13.8. The van der Waals surface area contributed by atoms with Gasteiger partial charge in [0.2, 0.25) is 15.9 Å². The average molecular weight is 380 g/mol. The second-order valence-electron chi connectivity index (χ2n) is 4.20. The van der Waals surface area contributed by atoms with Gasteiger partial charge in [0.25, 0.3) is 0 Å². The Kier molecular flexibility index (Phi) is 3.93. The number of benzene rings is 1. The van der Waals surface area contributed by atoms with Gasteiger partial charge >= 0.3 is 0 Å². The molecule has 1 aliphatic heterocycles. The Labute approximate surface area is 120 Å². The monoisotopic (exact) mass is 380 g/mol. The van der Waals surface area contributed by atoms with E-state index in [2.05, 4.69) is 22.6 Å². The first-order valence-corrected chi connectivity index (χ1v) is 7.98. The van der Waals surface area contributed by atoms with Crippen LogP contribution in [0.5, 0.6) is 0 Å². The molecule has 1 fully saturated rings. The highest BCUT2D eigenvalue weighted by molar-refractivity contribution is 14.1. The summed E-state index contributed by atoms with van der Waals surface area (Å²) in [6, 6.07) is 6.65. The van der Waals surface area contributed by atoms with Crippen molar-refractivity contribution < 1.29 is 13.2 Å². The van der Waals surface area contributed by atoms with E-state index in [-0.39, 0.29) is 17.4 Å². The molecule has 18 heavy (non-hydrogen) atoms. The molecule has 0 aliphatic carbocycles. The fraction of sp³-hybridized carbons (Fsp3) is 0.364. The highest BCUT2D eigenvalue weighted by Gasteiger charge is 2.34. The van der Waals surface area contributed by atoms with Crippen molar-refractivity contribution in [3.63, 3.8) is 0 Å². The lowest BCUT2D eigenvalue weighted by atomic mass is 10.1.